The van der Waals surface area contributed by atoms with Gasteiger partial charge in [-0.2, -0.15) is 0 Å². The van der Waals surface area contributed by atoms with Gasteiger partial charge in [-0.3, -0.25) is 9.59 Å². The van der Waals surface area contributed by atoms with Gasteiger partial charge < -0.3 is 10.2 Å². The van der Waals surface area contributed by atoms with Crippen molar-refractivity contribution < 1.29 is 9.59 Å². The third kappa shape index (κ3) is 3.45. The fourth-order valence-corrected chi connectivity index (χ4v) is 4.00. The molecule has 2 amide bonds. The van der Waals surface area contributed by atoms with Gasteiger partial charge in [0.2, 0.25) is 11.8 Å². The number of carbonyl (C=O) groups excluding carboxylic acids is 2. The summed E-state index contributed by atoms with van der Waals surface area (Å²) in [4.78, 5) is 27.0. The standard InChI is InChI=1S/C18H20N2O2S/c1-12-16-8-10-23-17(16)7-9-20(12)18(22)11-14-3-5-15(6-4-14)19-13(2)21/h3-6,8,10,12H,7,9,11H2,1-2H3,(H,19,21)/t12-/m1/s1. The van der Waals surface area contributed by atoms with Crippen LogP contribution < -0.4 is 5.32 Å². The summed E-state index contributed by atoms with van der Waals surface area (Å²) in [7, 11) is 0. The number of nitrogens with one attached hydrogen (secondary N) is 1. The molecule has 1 N–H and O–H groups in total. The molecule has 5 heteroatoms. The van der Waals surface area contributed by atoms with Crippen LogP contribution in [0, 0.1) is 0 Å². The lowest BCUT2D eigenvalue weighted by molar-refractivity contribution is -0.133. The van der Waals surface area contributed by atoms with E-state index in [4.69, 9.17) is 0 Å². The van der Waals surface area contributed by atoms with Crippen LogP contribution in [0.5, 0.6) is 0 Å². The minimum Gasteiger partial charge on any atom is -0.335 e. The number of amides is 2. The van der Waals surface area contributed by atoms with Crippen LogP contribution in [0.1, 0.15) is 35.9 Å². The summed E-state index contributed by atoms with van der Waals surface area (Å²) in [5, 5.41) is 4.84. The lowest BCUT2D eigenvalue weighted by Gasteiger charge is -2.33. The smallest absolute Gasteiger partial charge is 0.227 e. The molecule has 1 aliphatic heterocycles. The zero-order valence-electron chi connectivity index (χ0n) is 13.3. The van der Waals surface area contributed by atoms with Gasteiger partial charge in [0, 0.05) is 24.0 Å². The molecule has 0 radical (unpaired) electrons. The van der Waals surface area contributed by atoms with Crippen molar-refractivity contribution in [3.8, 4) is 0 Å². The van der Waals surface area contributed by atoms with Crippen LogP contribution in [0.3, 0.4) is 0 Å². The van der Waals surface area contributed by atoms with E-state index < -0.39 is 0 Å². The Hall–Kier alpha value is -2.14. The lowest BCUT2D eigenvalue weighted by atomic mass is 10.0. The highest BCUT2D eigenvalue weighted by atomic mass is 32.1. The van der Waals surface area contributed by atoms with Crippen LogP contribution in [0.2, 0.25) is 0 Å². The SMILES string of the molecule is CC(=O)Nc1ccc(CC(=O)N2CCc3sccc3[C@H]2C)cc1. The maximum absolute atomic E-state index is 12.6. The van der Waals surface area contributed by atoms with Gasteiger partial charge in [0.15, 0.2) is 0 Å². The van der Waals surface area contributed by atoms with Crippen LogP contribution in [-0.4, -0.2) is 23.3 Å². The van der Waals surface area contributed by atoms with Crippen LogP contribution in [-0.2, 0) is 22.4 Å². The number of hydrogen-bond acceptors (Lipinski definition) is 3. The van der Waals surface area contributed by atoms with E-state index in [-0.39, 0.29) is 17.9 Å². The van der Waals surface area contributed by atoms with Gasteiger partial charge in [-0.15, -0.1) is 11.3 Å². The van der Waals surface area contributed by atoms with Crippen molar-refractivity contribution in [2.75, 3.05) is 11.9 Å². The third-order valence-electron chi connectivity index (χ3n) is 4.23. The minimum atomic E-state index is -0.0949. The van der Waals surface area contributed by atoms with Gasteiger partial charge in [0.05, 0.1) is 12.5 Å². The number of benzene rings is 1. The van der Waals surface area contributed by atoms with Gasteiger partial charge in [-0.25, -0.2) is 0 Å². The number of fused-ring (bicyclic) bond motifs is 1. The molecule has 0 saturated carbocycles. The van der Waals surface area contributed by atoms with E-state index in [1.807, 2.05) is 29.2 Å². The molecule has 0 unspecified atom stereocenters. The Morgan fingerprint density at radius 1 is 1.26 bits per heavy atom. The second kappa shape index (κ2) is 6.54. The van der Waals surface area contributed by atoms with Crippen molar-refractivity contribution in [2.45, 2.75) is 32.7 Å². The molecule has 2 heterocycles. The summed E-state index contributed by atoms with van der Waals surface area (Å²) < 4.78 is 0. The zero-order valence-corrected chi connectivity index (χ0v) is 14.2. The Balaban J connectivity index is 1.66. The van der Waals surface area contributed by atoms with Crippen molar-refractivity contribution >= 4 is 28.8 Å². The largest absolute Gasteiger partial charge is 0.335 e. The molecule has 120 valence electrons. The molecule has 0 spiro atoms. The number of nitrogens with zero attached hydrogens (tertiary/aromatic N) is 1. The summed E-state index contributed by atoms with van der Waals surface area (Å²) in [6.45, 7) is 4.37. The van der Waals surface area contributed by atoms with Crippen molar-refractivity contribution in [1.82, 2.24) is 4.90 Å². The summed E-state index contributed by atoms with van der Waals surface area (Å²) in [6.07, 6.45) is 1.34. The molecule has 0 aliphatic carbocycles. The van der Waals surface area contributed by atoms with Crippen molar-refractivity contribution in [2.24, 2.45) is 0 Å². The molecule has 1 aromatic heterocycles. The number of rotatable bonds is 3. The molecule has 23 heavy (non-hydrogen) atoms. The van der Waals surface area contributed by atoms with E-state index in [9.17, 15) is 9.59 Å². The highest BCUT2D eigenvalue weighted by Crippen LogP contribution is 2.33. The molecule has 0 fully saturated rings. The highest BCUT2D eigenvalue weighted by molar-refractivity contribution is 7.10. The van der Waals surface area contributed by atoms with E-state index >= 15 is 0 Å². The Morgan fingerprint density at radius 3 is 2.70 bits per heavy atom. The van der Waals surface area contributed by atoms with Crippen LogP contribution in [0.15, 0.2) is 35.7 Å². The zero-order chi connectivity index (χ0) is 16.4. The summed E-state index contributed by atoms with van der Waals surface area (Å²) in [6, 6.07) is 9.74. The fraction of sp³-hybridized carbons (Fsp3) is 0.333. The normalized spacial score (nSPS) is 16.8. The minimum absolute atomic E-state index is 0.0949. The number of thiophene rings is 1. The number of anilines is 1. The van der Waals surface area contributed by atoms with E-state index in [0.29, 0.717) is 6.42 Å². The summed E-state index contributed by atoms with van der Waals surface area (Å²) >= 11 is 1.78. The lowest BCUT2D eigenvalue weighted by Crippen LogP contribution is -2.39. The van der Waals surface area contributed by atoms with Gasteiger partial charge in [0.25, 0.3) is 0 Å². The molecular weight excluding hydrogens is 308 g/mol. The van der Waals surface area contributed by atoms with Crippen LogP contribution in [0.4, 0.5) is 5.69 Å². The Kier molecular flexibility index (Phi) is 4.48. The van der Waals surface area contributed by atoms with E-state index in [2.05, 4.69) is 23.7 Å². The average Bonchev–Trinajstić information content (AvgIpc) is 2.98. The van der Waals surface area contributed by atoms with Gasteiger partial charge in [-0.1, -0.05) is 12.1 Å². The van der Waals surface area contributed by atoms with Crippen molar-refractivity contribution in [1.29, 1.82) is 0 Å². The van der Waals surface area contributed by atoms with Crippen molar-refractivity contribution in [3.05, 3.63) is 51.7 Å². The third-order valence-corrected chi connectivity index (χ3v) is 5.22. The molecule has 1 aliphatic rings. The summed E-state index contributed by atoms with van der Waals surface area (Å²) in [5.41, 5.74) is 3.01. The molecular formula is C18H20N2O2S. The predicted molar refractivity (Wildman–Crippen MR) is 92.6 cm³/mol. The first-order chi connectivity index (χ1) is 11.0. The monoisotopic (exact) mass is 328 g/mol. The van der Waals surface area contributed by atoms with E-state index in [1.54, 1.807) is 11.3 Å². The Morgan fingerprint density at radius 2 is 2.00 bits per heavy atom. The molecule has 0 saturated heterocycles. The van der Waals surface area contributed by atoms with E-state index in [0.717, 1.165) is 24.2 Å². The number of hydrogen-bond donors (Lipinski definition) is 1. The Bertz CT molecular complexity index is 721. The molecule has 1 aromatic carbocycles. The van der Waals surface area contributed by atoms with Crippen LogP contribution in [0.25, 0.3) is 0 Å². The quantitative estimate of drug-likeness (QED) is 0.939. The van der Waals surface area contributed by atoms with Gasteiger partial charge in [0.1, 0.15) is 0 Å². The Labute approximate surface area is 140 Å². The van der Waals surface area contributed by atoms with Crippen LogP contribution >= 0.6 is 11.3 Å². The first kappa shape index (κ1) is 15.7. The molecule has 3 rings (SSSR count). The second-order valence-electron chi connectivity index (χ2n) is 5.87. The molecule has 2 aromatic rings. The first-order valence-corrected chi connectivity index (χ1v) is 8.65. The molecule has 4 nitrogen and oxygen atoms in total. The van der Waals surface area contributed by atoms with E-state index in [1.165, 1.54) is 17.4 Å². The fourth-order valence-electron chi connectivity index (χ4n) is 3.04. The van der Waals surface area contributed by atoms with Crippen molar-refractivity contribution in [3.63, 3.8) is 0 Å². The summed E-state index contributed by atoms with van der Waals surface area (Å²) in [5.74, 6) is 0.0594. The maximum Gasteiger partial charge on any atom is 0.227 e. The molecule has 1 atom stereocenters. The predicted octanol–water partition coefficient (Wildman–Crippen LogP) is 3.39. The van der Waals surface area contributed by atoms with Gasteiger partial charge >= 0.3 is 0 Å². The number of carbonyl (C=O) groups is 2. The first-order valence-electron chi connectivity index (χ1n) is 7.77. The van der Waals surface area contributed by atoms with Gasteiger partial charge in [-0.05, 0) is 48.1 Å². The molecule has 0 bridgehead atoms. The topological polar surface area (TPSA) is 49.4 Å². The maximum atomic E-state index is 12.6. The highest BCUT2D eigenvalue weighted by Gasteiger charge is 2.28. The second-order valence-corrected chi connectivity index (χ2v) is 6.87. The average molecular weight is 328 g/mol.